The third-order valence-corrected chi connectivity index (χ3v) is 3.40. The minimum atomic E-state index is -4.95. The Kier molecular flexibility index (Phi) is 4.44. The summed E-state index contributed by atoms with van der Waals surface area (Å²) < 4.78 is 21.5. The average molecular weight is 323 g/mol. The van der Waals surface area contributed by atoms with Crippen molar-refractivity contribution in [3.63, 3.8) is 0 Å². The maximum atomic E-state index is 11.7. The van der Waals surface area contributed by atoms with Gasteiger partial charge in [-0.25, -0.2) is 9.36 Å². The molecule has 1 saturated heterocycles. The zero-order valence-corrected chi connectivity index (χ0v) is 11.4. The molecule has 0 amide bonds. The predicted molar refractivity (Wildman–Crippen MR) is 66.8 cm³/mol. The number of phosphoric ester groups is 1. The first kappa shape index (κ1) is 16.0. The molecule has 1 fully saturated rings. The van der Waals surface area contributed by atoms with Crippen molar-refractivity contribution in [2.24, 2.45) is 0 Å². The highest BCUT2D eigenvalue weighted by Gasteiger charge is 2.48. The molecule has 6 N–H and O–H groups in total. The van der Waals surface area contributed by atoms with E-state index in [1.54, 1.807) is 0 Å². The van der Waals surface area contributed by atoms with E-state index < -0.39 is 44.7 Å². The Morgan fingerprint density at radius 1 is 1.52 bits per heavy atom. The molecule has 0 spiro atoms. The number of ether oxygens (including phenoxy) is 1. The monoisotopic (exact) mass is 323 g/mol. The number of nitrogens with two attached hydrogens (primary N) is 1. The first-order valence-corrected chi connectivity index (χ1v) is 7.29. The van der Waals surface area contributed by atoms with E-state index in [1.165, 1.54) is 12.3 Å². The molecule has 12 heteroatoms. The largest absolute Gasteiger partial charge is 0.470 e. The molecule has 0 aliphatic carbocycles. The van der Waals surface area contributed by atoms with Crippen LogP contribution in [-0.4, -0.2) is 54.5 Å². The van der Waals surface area contributed by atoms with Crippen LogP contribution >= 0.6 is 7.82 Å². The molecule has 1 aliphatic heterocycles. The molecule has 4 atom stereocenters. The van der Waals surface area contributed by atoms with Crippen molar-refractivity contribution in [3.8, 4) is 0 Å². The van der Waals surface area contributed by atoms with E-state index in [0.29, 0.717) is 0 Å². The standard InChI is InChI=1S/C9H14N3O8P/c10-5-1-2-12(9(15)11-5)8-7(20-21(16,17)18)6(14)4(3-13)19-8/h1-2,4,6-8,13-14H,3H2,(H2,10,11,15)(H2,16,17,18)/t4-,6-,7-,8-/m0/s1. The number of nitrogen functional groups attached to an aromatic ring is 1. The zero-order valence-electron chi connectivity index (χ0n) is 10.5. The number of aliphatic hydroxyl groups is 2. The Labute approximate surface area is 117 Å². The number of aliphatic hydroxyl groups excluding tert-OH is 2. The Morgan fingerprint density at radius 3 is 2.71 bits per heavy atom. The third-order valence-electron chi connectivity index (χ3n) is 2.88. The molecular weight excluding hydrogens is 309 g/mol. The lowest BCUT2D eigenvalue weighted by Gasteiger charge is -2.22. The van der Waals surface area contributed by atoms with Crippen LogP contribution in [0.1, 0.15) is 6.23 Å². The molecule has 2 rings (SSSR count). The van der Waals surface area contributed by atoms with Crippen molar-refractivity contribution >= 4 is 13.6 Å². The molecule has 1 aromatic heterocycles. The summed E-state index contributed by atoms with van der Waals surface area (Å²) in [5, 5.41) is 18.9. The van der Waals surface area contributed by atoms with Gasteiger partial charge in [0.2, 0.25) is 0 Å². The van der Waals surface area contributed by atoms with Gasteiger partial charge in [-0.3, -0.25) is 9.09 Å². The van der Waals surface area contributed by atoms with E-state index in [4.69, 9.17) is 25.4 Å². The van der Waals surface area contributed by atoms with E-state index in [0.717, 1.165) is 4.57 Å². The fourth-order valence-corrected chi connectivity index (χ4v) is 2.53. The van der Waals surface area contributed by atoms with E-state index in [9.17, 15) is 14.5 Å². The molecule has 0 saturated carbocycles. The molecule has 0 radical (unpaired) electrons. The van der Waals surface area contributed by atoms with E-state index >= 15 is 0 Å². The van der Waals surface area contributed by atoms with E-state index in [-0.39, 0.29) is 5.82 Å². The van der Waals surface area contributed by atoms with Gasteiger partial charge < -0.3 is 30.5 Å². The molecule has 11 nitrogen and oxygen atoms in total. The summed E-state index contributed by atoms with van der Waals surface area (Å²) in [4.78, 5) is 32.9. The molecule has 118 valence electrons. The maximum Gasteiger partial charge on any atom is 0.470 e. The fraction of sp³-hybridized carbons (Fsp3) is 0.556. The number of phosphoric acid groups is 1. The topological polar surface area (TPSA) is 177 Å². The fourth-order valence-electron chi connectivity index (χ4n) is 1.98. The molecule has 0 bridgehead atoms. The first-order chi connectivity index (χ1) is 9.73. The normalized spacial score (nSPS) is 29.7. The Hall–Kier alpha value is -1.33. The van der Waals surface area contributed by atoms with Crippen LogP contribution in [0.2, 0.25) is 0 Å². The minimum Gasteiger partial charge on any atom is -0.394 e. The van der Waals surface area contributed by atoms with Crippen molar-refractivity contribution in [2.45, 2.75) is 24.5 Å². The number of aromatic nitrogens is 2. The second-order valence-corrected chi connectivity index (χ2v) is 5.53. The lowest BCUT2D eigenvalue weighted by Crippen LogP contribution is -2.37. The molecule has 0 aromatic carbocycles. The number of hydrogen-bond donors (Lipinski definition) is 5. The first-order valence-electron chi connectivity index (χ1n) is 5.76. The van der Waals surface area contributed by atoms with Gasteiger partial charge in [0.05, 0.1) is 6.61 Å². The highest BCUT2D eigenvalue weighted by molar-refractivity contribution is 7.46. The molecule has 0 unspecified atom stereocenters. The summed E-state index contributed by atoms with van der Waals surface area (Å²) in [6, 6.07) is 1.26. The van der Waals surface area contributed by atoms with E-state index in [1.807, 2.05) is 0 Å². The minimum absolute atomic E-state index is 0.0547. The number of anilines is 1. The summed E-state index contributed by atoms with van der Waals surface area (Å²) in [5.41, 5.74) is 4.48. The van der Waals surface area contributed by atoms with Gasteiger partial charge >= 0.3 is 13.5 Å². The summed E-state index contributed by atoms with van der Waals surface area (Å²) in [7, 11) is -4.95. The summed E-state index contributed by atoms with van der Waals surface area (Å²) >= 11 is 0. The molecule has 2 heterocycles. The van der Waals surface area contributed by atoms with Gasteiger partial charge in [0.1, 0.15) is 24.1 Å². The van der Waals surface area contributed by atoms with Gasteiger partial charge in [-0.15, -0.1) is 0 Å². The maximum absolute atomic E-state index is 11.7. The van der Waals surface area contributed by atoms with Crippen LogP contribution in [0.4, 0.5) is 5.82 Å². The lowest BCUT2D eigenvalue weighted by atomic mass is 10.1. The van der Waals surface area contributed by atoms with Crippen LogP contribution in [0, 0.1) is 0 Å². The number of hydrogen-bond acceptors (Lipinski definition) is 8. The van der Waals surface area contributed by atoms with Gasteiger partial charge in [-0.05, 0) is 6.07 Å². The lowest BCUT2D eigenvalue weighted by molar-refractivity contribution is -0.0543. The van der Waals surface area contributed by atoms with Crippen molar-refractivity contribution in [1.29, 1.82) is 0 Å². The van der Waals surface area contributed by atoms with Crippen LogP contribution < -0.4 is 11.4 Å². The number of nitrogens with zero attached hydrogens (tertiary/aromatic N) is 2. The highest BCUT2D eigenvalue weighted by atomic mass is 31.2. The molecule has 1 aliphatic rings. The van der Waals surface area contributed by atoms with Crippen molar-refractivity contribution in [2.75, 3.05) is 12.3 Å². The van der Waals surface area contributed by atoms with Crippen molar-refractivity contribution < 1.29 is 33.8 Å². The van der Waals surface area contributed by atoms with Crippen molar-refractivity contribution in [3.05, 3.63) is 22.7 Å². The average Bonchev–Trinajstić information content (AvgIpc) is 2.65. The SMILES string of the molecule is Nc1ccn([C@H]2O[C@@H](CO)[C@H](O)[C@@H]2OP(=O)(O)O)c(=O)n1. The Balaban J connectivity index is 2.39. The van der Waals surface area contributed by atoms with Gasteiger partial charge in [0.15, 0.2) is 6.23 Å². The van der Waals surface area contributed by atoms with Crippen LogP contribution in [0.5, 0.6) is 0 Å². The quantitative estimate of drug-likeness (QED) is 0.374. The molecular formula is C9H14N3O8P. The van der Waals surface area contributed by atoms with Gasteiger partial charge in [0.25, 0.3) is 0 Å². The van der Waals surface area contributed by atoms with Crippen LogP contribution in [0.25, 0.3) is 0 Å². The van der Waals surface area contributed by atoms with Crippen LogP contribution in [0.3, 0.4) is 0 Å². The molecule has 1 aromatic rings. The third kappa shape index (κ3) is 3.47. The van der Waals surface area contributed by atoms with Crippen LogP contribution in [0.15, 0.2) is 17.1 Å². The predicted octanol–water partition coefficient (Wildman–Crippen LogP) is -2.45. The second-order valence-electron chi connectivity index (χ2n) is 4.34. The smallest absolute Gasteiger partial charge is 0.394 e. The van der Waals surface area contributed by atoms with Crippen molar-refractivity contribution in [1.82, 2.24) is 9.55 Å². The Bertz CT molecular complexity index is 615. The second kappa shape index (κ2) is 5.81. The van der Waals surface area contributed by atoms with E-state index in [2.05, 4.69) is 9.51 Å². The Morgan fingerprint density at radius 2 is 2.19 bits per heavy atom. The van der Waals surface area contributed by atoms with Gasteiger partial charge in [-0.2, -0.15) is 4.98 Å². The van der Waals surface area contributed by atoms with Crippen LogP contribution in [-0.2, 0) is 13.8 Å². The summed E-state index contributed by atoms with van der Waals surface area (Å²) in [5.74, 6) is -0.0547. The van der Waals surface area contributed by atoms with Gasteiger partial charge in [-0.1, -0.05) is 0 Å². The highest BCUT2D eigenvalue weighted by Crippen LogP contribution is 2.44. The number of rotatable bonds is 4. The zero-order chi connectivity index (χ0) is 15.8. The summed E-state index contributed by atoms with van der Waals surface area (Å²) in [6.45, 7) is -0.629. The molecule has 21 heavy (non-hydrogen) atoms. The summed E-state index contributed by atoms with van der Waals surface area (Å²) in [6.07, 6.45) is -4.47. The van der Waals surface area contributed by atoms with Gasteiger partial charge in [0, 0.05) is 6.20 Å².